The van der Waals surface area contributed by atoms with Gasteiger partial charge in [0.2, 0.25) is 0 Å². The Balaban J connectivity index is 2.34. The number of nitrogens with two attached hydrogens (primary N) is 1. The fraction of sp³-hybridized carbons (Fsp3) is 0.133. The third-order valence-corrected chi connectivity index (χ3v) is 3.39. The standard InChI is InChI=1S/C15H16ClN3O2/c1-8-3-5-10(20)7-11(8)18-15(17)19-14-9(2)4-6-12(21)13(14)16/h3-7,20-21H,1-2H3,(H3,17,18,19). The number of anilines is 1. The molecular weight excluding hydrogens is 290 g/mol. The molecule has 0 heterocycles. The maximum absolute atomic E-state index is 9.61. The summed E-state index contributed by atoms with van der Waals surface area (Å²) in [6.45, 7) is 3.69. The highest BCUT2D eigenvalue weighted by Gasteiger charge is 2.09. The number of aromatic hydroxyl groups is 2. The molecule has 110 valence electrons. The van der Waals surface area contributed by atoms with E-state index in [0.29, 0.717) is 11.4 Å². The first-order valence-corrected chi connectivity index (χ1v) is 6.65. The van der Waals surface area contributed by atoms with Crippen molar-refractivity contribution in [3.05, 3.63) is 46.5 Å². The molecule has 2 rings (SSSR count). The minimum Gasteiger partial charge on any atom is -0.508 e. The van der Waals surface area contributed by atoms with E-state index in [0.717, 1.165) is 11.1 Å². The number of aliphatic imine (C=N–C) groups is 1. The summed E-state index contributed by atoms with van der Waals surface area (Å²) in [6.07, 6.45) is 0. The highest BCUT2D eigenvalue weighted by molar-refractivity contribution is 6.34. The average Bonchev–Trinajstić information content (AvgIpc) is 2.43. The number of phenols is 2. The molecule has 0 bridgehead atoms. The number of nitrogens with zero attached hydrogens (tertiary/aromatic N) is 1. The summed E-state index contributed by atoms with van der Waals surface area (Å²) in [6, 6.07) is 8.10. The monoisotopic (exact) mass is 305 g/mol. The van der Waals surface area contributed by atoms with Gasteiger partial charge < -0.3 is 21.3 Å². The number of phenolic OH excluding ortho intramolecular Hbond substituents is 2. The maximum Gasteiger partial charge on any atom is 0.198 e. The van der Waals surface area contributed by atoms with Crippen LogP contribution in [0.2, 0.25) is 5.02 Å². The van der Waals surface area contributed by atoms with Crippen LogP contribution in [-0.2, 0) is 0 Å². The Morgan fingerprint density at radius 1 is 1.14 bits per heavy atom. The lowest BCUT2D eigenvalue weighted by atomic mass is 10.2. The summed E-state index contributed by atoms with van der Waals surface area (Å²) >= 11 is 6.02. The summed E-state index contributed by atoms with van der Waals surface area (Å²) in [7, 11) is 0. The van der Waals surface area contributed by atoms with Crippen LogP contribution in [0.25, 0.3) is 0 Å². The molecule has 0 spiro atoms. The van der Waals surface area contributed by atoms with Crippen LogP contribution in [-0.4, -0.2) is 16.2 Å². The van der Waals surface area contributed by atoms with Crippen molar-refractivity contribution in [2.45, 2.75) is 13.8 Å². The van der Waals surface area contributed by atoms with Gasteiger partial charge in [-0.25, -0.2) is 4.99 Å². The van der Waals surface area contributed by atoms with E-state index in [2.05, 4.69) is 10.3 Å². The van der Waals surface area contributed by atoms with E-state index in [4.69, 9.17) is 17.3 Å². The van der Waals surface area contributed by atoms with Crippen molar-refractivity contribution in [3.8, 4) is 11.5 Å². The van der Waals surface area contributed by atoms with Gasteiger partial charge in [-0.1, -0.05) is 23.7 Å². The zero-order chi connectivity index (χ0) is 15.6. The van der Waals surface area contributed by atoms with Crippen LogP contribution in [0.1, 0.15) is 11.1 Å². The molecule has 5 N–H and O–H groups in total. The molecule has 0 aliphatic heterocycles. The number of hydrogen-bond acceptors (Lipinski definition) is 3. The largest absolute Gasteiger partial charge is 0.508 e. The summed E-state index contributed by atoms with van der Waals surface area (Å²) in [5.74, 6) is 0.184. The van der Waals surface area contributed by atoms with Gasteiger partial charge >= 0.3 is 0 Å². The Kier molecular flexibility index (Phi) is 4.23. The van der Waals surface area contributed by atoms with Crippen molar-refractivity contribution in [1.29, 1.82) is 0 Å². The summed E-state index contributed by atoms with van der Waals surface area (Å²) in [5.41, 5.74) is 8.60. The SMILES string of the molecule is Cc1ccc(O)cc1NC(N)=Nc1c(C)ccc(O)c1Cl. The molecule has 2 aromatic rings. The zero-order valence-electron chi connectivity index (χ0n) is 11.7. The Hall–Kier alpha value is -2.40. The van der Waals surface area contributed by atoms with Gasteiger partial charge in [-0.2, -0.15) is 0 Å². The molecule has 0 aliphatic rings. The summed E-state index contributed by atoms with van der Waals surface area (Å²) < 4.78 is 0. The maximum atomic E-state index is 9.61. The van der Waals surface area contributed by atoms with Crippen LogP contribution >= 0.6 is 11.6 Å². The minimum atomic E-state index is -0.0534. The third kappa shape index (κ3) is 3.38. The lowest BCUT2D eigenvalue weighted by Crippen LogP contribution is -2.22. The third-order valence-electron chi connectivity index (χ3n) is 3.01. The second-order valence-electron chi connectivity index (χ2n) is 4.69. The topological polar surface area (TPSA) is 90.9 Å². The van der Waals surface area contributed by atoms with Gasteiger partial charge in [0, 0.05) is 11.8 Å². The van der Waals surface area contributed by atoms with Crippen LogP contribution < -0.4 is 11.1 Å². The normalized spacial score (nSPS) is 11.5. The summed E-state index contributed by atoms with van der Waals surface area (Å²) in [4.78, 5) is 4.19. The first-order valence-electron chi connectivity index (χ1n) is 6.27. The average molecular weight is 306 g/mol. The summed E-state index contributed by atoms with van der Waals surface area (Å²) in [5, 5.41) is 22.1. The number of nitrogens with one attached hydrogen (secondary N) is 1. The molecule has 0 aliphatic carbocycles. The van der Waals surface area contributed by atoms with Gasteiger partial charge in [-0.05, 0) is 37.1 Å². The van der Waals surface area contributed by atoms with Crippen molar-refractivity contribution in [1.82, 2.24) is 0 Å². The molecule has 0 aromatic heterocycles. The minimum absolute atomic E-state index is 0.0534. The Bertz CT molecular complexity index is 714. The van der Waals surface area contributed by atoms with Gasteiger partial charge in [0.05, 0.1) is 5.69 Å². The van der Waals surface area contributed by atoms with Gasteiger partial charge in [0.25, 0.3) is 0 Å². The van der Waals surface area contributed by atoms with Gasteiger partial charge in [-0.3, -0.25) is 0 Å². The van der Waals surface area contributed by atoms with Gasteiger partial charge in [0.1, 0.15) is 16.5 Å². The number of guanidine groups is 1. The van der Waals surface area contributed by atoms with E-state index in [-0.39, 0.29) is 22.5 Å². The Labute approximate surface area is 127 Å². The molecule has 0 atom stereocenters. The van der Waals surface area contributed by atoms with E-state index < -0.39 is 0 Å². The van der Waals surface area contributed by atoms with Crippen LogP contribution in [0.5, 0.6) is 11.5 Å². The van der Waals surface area contributed by atoms with Crippen molar-refractivity contribution >= 4 is 28.9 Å². The van der Waals surface area contributed by atoms with Crippen LogP contribution in [0, 0.1) is 13.8 Å². The predicted octanol–water partition coefficient (Wildman–Crippen LogP) is 3.43. The smallest absolute Gasteiger partial charge is 0.198 e. The van der Waals surface area contributed by atoms with Crippen molar-refractivity contribution in [3.63, 3.8) is 0 Å². The van der Waals surface area contributed by atoms with E-state index in [1.165, 1.54) is 6.07 Å². The van der Waals surface area contributed by atoms with Gasteiger partial charge in [-0.15, -0.1) is 0 Å². The predicted molar refractivity (Wildman–Crippen MR) is 85.6 cm³/mol. The first kappa shape index (κ1) is 15.0. The Morgan fingerprint density at radius 2 is 1.81 bits per heavy atom. The van der Waals surface area contributed by atoms with Crippen LogP contribution in [0.4, 0.5) is 11.4 Å². The lowest BCUT2D eigenvalue weighted by Gasteiger charge is -2.11. The fourth-order valence-corrected chi connectivity index (χ4v) is 2.07. The number of aryl methyl sites for hydroxylation is 2. The second kappa shape index (κ2) is 5.93. The molecule has 6 heteroatoms. The molecular formula is C15H16ClN3O2. The number of hydrogen-bond donors (Lipinski definition) is 4. The van der Waals surface area contributed by atoms with Crippen LogP contribution in [0.3, 0.4) is 0 Å². The van der Waals surface area contributed by atoms with E-state index in [9.17, 15) is 10.2 Å². The van der Waals surface area contributed by atoms with E-state index >= 15 is 0 Å². The highest BCUT2D eigenvalue weighted by Crippen LogP contribution is 2.36. The molecule has 21 heavy (non-hydrogen) atoms. The number of benzene rings is 2. The molecule has 0 amide bonds. The number of rotatable bonds is 2. The second-order valence-corrected chi connectivity index (χ2v) is 5.06. The molecule has 0 saturated carbocycles. The molecule has 0 unspecified atom stereocenters. The van der Waals surface area contributed by atoms with Crippen LogP contribution in [0.15, 0.2) is 35.3 Å². The number of halogens is 1. The fourth-order valence-electron chi connectivity index (χ4n) is 1.82. The first-order chi connectivity index (χ1) is 9.88. The highest BCUT2D eigenvalue weighted by atomic mass is 35.5. The van der Waals surface area contributed by atoms with Crippen molar-refractivity contribution < 1.29 is 10.2 Å². The van der Waals surface area contributed by atoms with Gasteiger partial charge in [0.15, 0.2) is 5.96 Å². The molecule has 0 saturated heterocycles. The Morgan fingerprint density at radius 3 is 2.52 bits per heavy atom. The quantitative estimate of drug-likeness (QED) is 0.505. The molecule has 5 nitrogen and oxygen atoms in total. The van der Waals surface area contributed by atoms with Crippen molar-refractivity contribution in [2.75, 3.05) is 5.32 Å². The molecule has 2 aromatic carbocycles. The van der Waals surface area contributed by atoms with E-state index in [1.54, 1.807) is 24.3 Å². The lowest BCUT2D eigenvalue weighted by molar-refractivity contribution is 0.475. The van der Waals surface area contributed by atoms with Crippen molar-refractivity contribution in [2.24, 2.45) is 10.7 Å². The zero-order valence-corrected chi connectivity index (χ0v) is 12.4. The molecule has 0 fully saturated rings. The molecule has 0 radical (unpaired) electrons. The van der Waals surface area contributed by atoms with E-state index in [1.807, 2.05) is 13.8 Å².